The zero-order valence-corrected chi connectivity index (χ0v) is 23.0. The number of hydrogen-bond acceptors (Lipinski definition) is 0. The summed E-state index contributed by atoms with van der Waals surface area (Å²) in [6.07, 6.45) is 37.5. The maximum atomic E-state index is 2.39. The van der Waals surface area contributed by atoms with Crippen molar-refractivity contribution in [1.82, 2.24) is 0 Å². The molecule has 30 heavy (non-hydrogen) atoms. The second-order valence-electron chi connectivity index (χ2n) is 10.2. The molecule has 0 aliphatic rings. The van der Waals surface area contributed by atoms with E-state index in [4.69, 9.17) is 0 Å². The van der Waals surface area contributed by atoms with Gasteiger partial charge in [-0.1, -0.05) is 130 Å². The summed E-state index contributed by atoms with van der Waals surface area (Å²) in [5, 5.41) is 0. The first-order valence-electron chi connectivity index (χ1n) is 14.6. The van der Waals surface area contributed by atoms with E-state index in [9.17, 15) is 0 Å². The van der Waals surface area contributed by atoms with E-state index >= 15 is 0 Å². The quantitative estimate of drug-likeness (QED) is 0.0975. The lowest BCUT2D eigenvalue weighted by atomic mass is 10.0. The zero-order chi connectivity index (χ0) is 22.2. The summed E-state index contributed by atoms with van der Waals surface area (Å²) in [7, 11) is -0.632. The Bertz CT molecular complexity index is 290. The Kier molecular flexibility index (Phi) is 24.4. The molecule has 1 heteroatoms. The molecule has 0 aliphatic heterocycles. The van der Waals surface area contributed by atoms with Gasteiger partial charge in [0.1, 0.15) is 0 Å². The summed E-state index contributed by atoms with van der Waals surface area (Å²) in [5.74, 6) is 0. The highest BCUT2D eigenvalue weighted by Gasteiger charge is 2.34. The van der Waals surface area contributed by atoms with Crippen LogP contribution in [-0.2, 0) is 0 Å². The van der Waals surface area contributed by atoms with Crippen LogP contribution in [-0.4, -0.2) is 24.6 Å². The van der Waals surface area contributed by atoms with Gasteiger partial charge in [-0.25, -0.2) is 0 Å². The third-order valence-electron chi connectivity index (χ3n) is 7.19. The van der Waals surface area contributed by atoms with E-state index < -0.39 is 7.26 Å². The molecular weight excluding hydrogens is 379 g/mol. The highest BCUT2D eigenvalue weighted by Crippen LogP contribution is 2.61. The Hall–Kier alpha value is 0.430. The molecule has 0 radical (unpaired) electrons. The lowest BCUT2D eigenvalue weighted by Crippen LogP contribution is -2.13. The summed E-state index contributed by atoms with van der Waals surface area (Å²) >= 11 is 0. The summed E-state index contributed by atoms with van der Waals surface area (Å²) in [6.45, 7) is 9.48. The van der Waals surface area contributed by atoms with Gasteiger partial charge in [0.15, 0.2) is 0 Å². The van der Waals surface area contributed by atoms with Crippen LogP contribution in [0.3, 0.4) is 0 Å². The second kappa shape index (κ2) is 24.1. The molecule has 0 aromatic carbocycles. The highest BCUT2D eigenvalue weighted by atomic mass is 31.2. The molecule has 0 rings (SSSR count). The van der Waals surface area contributed by atoms with Gasteiger partial charge in [0.25, 0.3) is 0 Å². The molecule has 182 valence electrons. The Morgan fingerprint density at radius 1 is 0.267 bits per heavy atom. The molecule has 0 atom stereocenters. The molecule has 0 bridgehead atoms. The average Bonchev–Trinajstić information content (AvgIpc) is 2.77. The maximum absolute atomic E-state index is 2.39. The van der Waals surface area contributed by atoms with E-state index in [2.05, 4.69) is 27.7 Å². The summed E-state index contributed by atoms with van der Waals surface area (Å²) in [5.41, 5.74) is 0. The Morgan fingerprint density at radius 2 is 0.500 bits per heavy atom. The van der Waals surface area contributed by atoms with Crippen molar-refractivity contribution in [1.29, 1.82) is 0 Å². The van der Waals surface area contributed by atoms with Gasteiger partial charge in [0.05, 0.1) is 24.6 Å². The van der Waals surface area contributed by atoms with Gasteiger partial charge < -0.3 is 0 Å². The maximum Gasteiger partial charge on any atom is 0.0594 e. The zero-order valence-electron chi connectivity index (χ0n) is 22.1. The highest BCUT2D eigenvalue weighted by molar-refractivity contribution is 7.75. The minimum absolute atomic E-state index is 0.632. The van der Waals surface area contributed by atoms with Crippen molar-refractivity contribution >= 4 is 7.26 Å². The van der Waals surface area contributed by atoms with Gasteiger partial charge in [-0.15, -0.1) is 0 Å². The Labute approximate surface area is 194 Å². The van der Waals surface area contributed by atoms with Gasteiger partial charge in [-0.3, -0.25) is 0 Å². The molecule has 0 saturated carbocycles. The fourth-order valence-electron chi connectivity index (χ4n) is 4.97. The first-order chi connectivity index (χ1) is 14.7. The van der Waals surface area contributed by atoms with Gasteiger partial charge in [-0.05, 0) is 32.1 Å². The third-order valence-corrected chi connectivity index (χ3v) is 12.3. The fourth-order valence-corrected chi connectivity index (χ4v) is 10.2. The minimum Gasteiger partial charge on any atom is -0.0654 e. The molecule has 0 saturated heterocycles. The van der Waals surface area contributed by atoms with Crippen LogP contribution in [0.25, 0.3) is 0 Å². The number of unbranched alkanes of at least 4 members (excludes halogenated alkanes) is 17. The Balaban J connectivity index is 3.75. The topological polar surface area (TPSA) is 0 Å². The first-order valence-corrected chi connectivity index (χ1v) is 17.1. The minimum atomic E-state index is -0.632. The fraction of sp³-hybridized carbons (Fsp3) is 1.00. The molecule has 0 aromatic rings. The second-order valence-corrected chi connectivity index (χ2v) is 14.7. The number of hydrogen-bond donors (Lipinski definition) is 0. The van der Waals surface area contributed by atoms with E-state index in [1.807, 2.05) is 0 Å². The van der Waals surface area contributed by atoms with E-state index in [1.165, 1.54) is 128 Å². The molecule has 0 aliphatic carbocycles. The normalized spacial score (nSPS) is 12.0. The molecule has 0 heterocycles. The molecule has 0 amide bonds. The molecule has 0 fully saturated rings. The van der Waals surface area contributed by atoms with Crippen molar-refractivity contribution in [2.24, 2.45) is 0 Å². The summed E-state index contributed by atoms with van der Waals surface area (Å²) in [6, 6.07) is 0. The largest absolute Gasteiger partial charge is 0.0654 e. The van der Waals surface area contributed by atoms with Crippen LogP contribution in [0.4, 0.5) is 0 Å². The van der Waals surface area contributed by atoms with Crippen LogP contribution in [0.5, 0.6) is 0 Å². The lowest BCUT2D eigenvalue weighted by molar-refractivity contribution is 0.534. The molecule has 0 nitrogen and oxygen atoms in total. The standard InChI is InChI=1S/C29H62P/c1-5-9-13-14-15-16-17-18-19-20-21-22-23-24-25-29-30(26-10-6-2,27-11-7-3)28-12-8-4/h5-29H2,1-4H3/q+1. The molecular formula is C29H62P+. The monoisotopic (exact) mass is 441 g/mol. The van der Waals surface area contributed by atoms with Crippen LogP contribution in [0.2, 0.25) is 0 Å². The van der Waals surface area contributed by atoms with Crippen molar-refractivity contribution in [2.45, 2.75) is 163 Å². The third kappa shape index (κ3) is 19.1. The van der Waals surface area contributed by atoms with Crippen LogP contribution in [0.15, 0.2) is 0 Å². The first kappa shape index (κ1) is 30.4. The SMILES string of the molecule is CCCCCCCCCCCCCCCCC[P+](CCCC)(CCCC)CCCC. The summed E-state index contributed by atoms with van der Waals surface area (Å²) < 4.78 is 0. The van der Waals surface area contributed by atoms with Crippen LogP contribution in [0.1, 0.15) is 163 Å². The number of rotatable bonds is 25. The van der Waals surface area contributed by atoms with E-state index in [0.717, 1.165) is 0 Å². The summed E-state index contributed by atoms with van der Waals surface area (Å²) in [4.78, 5) is 0. The molecule has 0 aromatic heterocycles. The molecule has 0 spiro atoms. The van der Waals surface area contributed by atoms with E-state index in [-0.39, 0.29) is 0 Å². The molecule has 0 N–H and O–H groups in total. The smallest absolute Gasteiger partial charge is 0.0594 e. The van der Waals surface area contributed by atoms with E-state index in [1.54, 1.807) is 31.1 Å². The van der Waals surface area contributed by atoms with Crippen LogP contribution in [0, 0.1) is 0 Å². The predicted molar refractivity (Wildman–Crippen MR) is 146 cm³/mol. The Morgan fingerprint density at radius 3 is 0.800 bits per heavy atom. The van der Waals surface area contributed by atoms with Gasteiger partial charge in [0, 0.05) is 7.26 Å². The van der Waals surface area contributed by atoms with Gasteiger partial charge >= 0.3 is 0 Å². The van der Waals surface area contributed by atoms with Crippen molar-refractivity contribution in [3.05, 3.63) is 0 Å². The van der Waals surface area contributed by atoms with Crippen molar-refractivity contribution in [2.75, 3.05) is 24.6 Å². The van der Waals surface area contributed by atoms with Gasteiger partial charge in [-0.2, -0.15) is 0 Å². The molecule has 0 unspecified atom stereocenters. The van der Waals surface area contributed by atoms with Crippen LogP contribution >= 0.6 is 7.26 Å². The van der Waals surface area contributed by atoms with Crippen molar-refractivity contribution in [3.63, 3.8) is 0 Å². The van der Waals surface area contributed by atoms with Crippen molar-refractivity contribution in [3.8, 4) is 0 Å². The lowest BCUT2D eigenvalue weighted by Gasteiger charge is -2.28. The van der Waals surface area contributed by atoms with Crippen molar-refractivity contribution < 1.29 is 0 Å². The van der Waals surface area contributed by atoms with Crippen LogP contribution < -0.4 is 0 Å². The average molecular weight is 442 g/mol. The van der Waals surface area contributed by atoms with E-state index in [0.29, 0.717) is 0 Å². The predicted octanol–water partition coefficient (Wildman–Crippen LogP) is 11.3. The van der Waals surface area contributed by atoms with Gasteiger partial charge in [0.2, 0.25) is 0 Å².